The fraction of sp³-hybridized carbons (Fsp3) is 0.100. The minimum Gasteiger partial charge on any atom is -0.478 e. The zero-order chi connectivity index (χ0) is 13.9. The Bertz CT molecular complexity index is 563. The van der Waals surface area contributed by atoms with Crippen LogP contribution in [0.4, 0.5) is 11.4 Å². The third kappa shape index (κ3) is 2.32. The van der Waals surface area contributed by atoms with Crippen molar-refractivity contribution >= 4 is 22.9 Å². The predicted molar refractivity (Wildman–Crippen MR) is 61.0 cm³/mol. The standard InChI is InChI=1S/C10H8N2O6/c1-2-6(10(13)14)7-4-3-5-8(11(15)16)9(7)12(17)18/h2-5H,1H3,(H,13,14). The molecule has 0 aromatic heterocycles. The number of rotatable bonds is 4. The average Bonchev–Trinajstić information content (AvgIpc) is 2.28. The first-order chi connectivity index (χ1) is 8.40. The zero-order valence-electron chi connectivity index (χ0n) is 9.19. The molecule has 18 heavy (non-hydrogen) atoms. The quantitative estimate of drug-likeness (QED) is 0.496. The number of benzene rings is 1. The summed E-state index contributed by atoms with van der Waals surface area (Å²) in [5.74, 6) is -1.39. The number of carbonyl (C=O) groups is 1. The molecule has 0 aliphatic rings. The van der Waals surface area contributed by atoms with Crippen LogP contribution in [-0.2, 0) is 4.79 Å². The van der Waals surface area contributed by atoms with Crippen molar-refractivity contribution in [3.8, 4) is 0 Å². The number of para-hydroxylation sites is 1. The average molecular weight is 252 g/mol. The maximum absolute atomic E-state index is 10.9. The van der Waals surface area contributed by atoms with Crippen LogP contribution in [0.1, 0.15) is 12.5 Å². The molecule has 0 fully saturated rings. The molecule has 1 aromatic rings. The van der Waals surface area contributed by atoms with E-state index >= 15 is 0 Å². The molecular weight excluding hydrogens is 244 g/mol. The summed E-state index contributed by atoms with van der Waals surface area (Å²) in [6.07, 6.45) is 1.15. The first kappa shape index (κ1) is 13.3. The Hall–Kier alpha value is -2.77. The molecule has 0 amide bonds. The van der Waals surface area contributed by atoms with Crippen LogP contribution in [0.3, 0.4) is 0 Å². The number of nitro benzene ring substituents is 2. The van der Waals surface area contributed by atoms with Gasteiger partial charge in [-0.25, -0.2) is 4.79 Å². The lowest BCUT2D eigenvalue weighted by molar-refractivity contribution is -0.422. The second-order valence-electron chi connectivity index (χ2n) is 3.20. The third-order valence-corrected chi connectivity index (χ3v) is 2.20. The highest BCUT2D eigenvalue weighted by Crippen LogP contribution is 2.34. The van der Waals surface area contributed by atoms with Crippen LogP contribution in [0, 0.1) is 20.2 Å². The molecule has 0 bridgehead atoms. The van der Waals surface area contributed by atoms with Crippen molar-refractivity contribution in [3.63, 3.8) is 0 Å². The molecular formula is C10H8N2O6. The van der Waals surface area contributed by atoms with Crippen molar-refractivity contribution in [2.24, 2.45) is 0 Å². The number of hydrogen-bond acceptors (Lipinski definition) is 5. The van der Waals surface area contributed by atoms with Crippen LogP contribution in [0.5, 0.6) is 0 Å². The summed E-state index contributed by atoms with van der Waals surface area (Å²) in [4.78, 5) is 30.6. The molecule has 1 N–H and O–H groups in total. The molecule has 0 atom stereocenters. The summed E-state index contributed by atoms with van der Waals surface area (Å²) >= 11 is 0. The first-order valence-corrected chi connectivity index (χ1v) is 4.72. The van der Waals surface area contributed by atoms with E-state index in [4.69, 9.17) is 5.11 Å². The van der Waals surface area contributed by atoms with Gasteiger partial charge in [0, 0.05) is 6.07 Å². The van der Waals surface area contributed by atoms with Crippen molar-refractivity contribution in [2.45, 2.75) is 6.92 Å². The van der Waals surface area contributed by atoms with Gasteiger partial charge in [0.05, 0.1) is 21.0 Å². The van der Waals surface area contributed by atoms with Crippen molar-refractivity contribution in [1.29, 1.82) is 0 Å². The topological polar surface area (TPSA) is 124 Å². The van der Waals surface area contributed by atoms with E-state index in [2.05, 4.69) is 0 Å². The molecule has 0 saturated carbocycles. The molecule has 0 radical (unpaired) electrons. The Morgan fingerprint density at radius 2 is 1.89 bits per heavy atom. The molecule has 0 saturated heterocycles. The number of nitrogens with zero attached hydrogens (tertiary/aromatic N) is 2. The van der Waals surface area contributed by atoms with Crippen LogP contribution < -0.4 is 0 Å². The molecule has 0 unspecified atom stereocenters. The zero-order valence-corrected chi connectivity index (χ0v) is 9.19. The molecule has 0 spiro atoms. The van der Waals surface area contributed by atoms with Crippen molar-refractivity contribution in [2.75, 3.05) is 0 Å². The minimum atomic E-state index is -1.39. The molecule has 0 aliphatic carbocycles. The van der Waals surface area contributed by atoms with E-state index in [1.165, 1.54) is 13.0 Å². The largest absolute Gasteiger partial charge is 0.478 e. The van der Waals surface area contributed by atoms with E-state index < -0.39 is 27.2 Å². The summed E-state index contributed by atoms with van der Waals surface area (Å²) in [7, 11) is 0. The maximum atomic E-state index is 10.9. The van der Waals surface area contributed by atoms with E-state index in [1.807, 2.05) is 0 Å². The van der Waals surface area contributed by atoms with E-state index in [9.17, 15) is 25.0 Å². The summed E-state index contributed by atoms with van der Waals surface area (Å²) < 4.78 is 0. The van der Waals surface area contributed by atoms with Gasteiger partial charge < -0.3 is 5.11 Å². The number of carboxylic acids is 1. The molecule has 1 aromatic carbocycles. The van der Waals surface area contributed by atoms with Gasteiger partial charge in [-0.2, -0.15) is 0 Å². The number of nitro groups is 2. The van der Waals surface area contributed by atoms with Gasteiger partial charge in [0.15, 0.2) is 0 Å². The normalized spacial score (nSPS) is 11.1. The highest BCUT2D eigenvalue weighted by atomic mass is 16.6. The SMILES string of the molecule is CC=C(C(=O)O)c1cccc([N+](=O)[O-])c1[N+](=O)[O-]. The van der Waals surface area contributed by atoms with Crippen LogP contribution >= 0.6 is 0 Å². The van der Waals surface area contributed by atoms with Gasteiger partial charge in [0.1, 0.15) is 0 Å². The highest BCUT2D eigenvalue weighted by Gasteiger charge is 2.31. The molecule has 0 heterocycles. The predicted octanol–water partition coefficient (Wildman–Crippen LogP) is 1.99. The summed E-state index contributed by atoms with van der Waals surface area (Å²) in [5.41, 5.74) is -2.20. The summed E-state index contributed by atoms with van der Waals surface area (Å²) in [5, 5.41) is 30.5. The fourth-order valence-electron chi connectivity index (χ4n) is 1.48. The molecule has 8 nitrogen and oxygen atoms in total. The number of carboxylic acid groups (broad SMARTS) is 1. The van der Waals surface area contributed by atoms with Crippen LogP contribution in [0.2, 0.25) is 0 Å². The van der Waals surface area contributed by atoms with Gasteiger partial charge >= 0.3 is 17.3 Å². The molecule has 94 valence electrons. The van der Waals surface area contributed by atoms with E-state index in [-0.39, 0.29) is 11.1 Å². The third-order valence-electron chi connectivity index (χ3n) is 2.20. The number of hydrogen-bond donors (Lipinski definition) is 1. The van der Waals surface area contributed by atoms with Gasteiger partial charge in [0.2, 0.25) is 0 Å². The lowest BCUT2D eigenvalue weighted by Gasteiger charge is -2.03. The van der Waals surface area contributed by atoms with Crippen molar-refractivity contribution in [1.82, 2.24) is 0 Å². The van der Waals surface area contributed by atoms with E-state index in [0.29, 0.717) is 0 Å². The highest BCUT2D eigenvalue weighted by molar-refractivity contribution is 6.16. The fourth-order valence-corrected chi connectivity index (χ4v) is 1.48. The Kier molecular flexibility index (Phi) is 3.72. The smallest absolute Gasteiger partial charge is 0.354 e. The van der Waals surface area contributed by atoms with Crippen LogP contribution in [0.25, 0.3) is 5.57 Å². The lowest BCUT2D eigenvalue weighted by Crippen LogP contribution is -2.05. The molecule has 0 aliphatic heterocycles. The second-order valence-corrected chi connectivity index (χ2v) is 3.20. The number of aliphatic carboxylic acids is 1. The lowest BCUT2D eigenvalue weighted by atomic mass is 10.0. The van der Waals surface area contributed by atoms with Gasteiger partial charge in [-0.15, -0.1) is 0 Å². The van der Waals surface area contributed by atoms with Gasteiger partial charge in [-0.1, -0.05) is 12.1 Å². The van der Waals surface area contributed by atoms with Crippen molar-refractivity contribution < 1.29 is 19.7 Å². The van der Waals surface area contributed by atoms with E-state index in [1.54, 1.807) is 0 Å². The Balaban J connectivity index is 3.64. The molecule has 8 heteroatoms. The Morgan fingerprint density at radius 1 is 1.28 bits per heavy atom. The Labute approximate surface area is 100 Å². The monoisotopic (exact) mass is 252 g/mol. The van der Waals surface area contributed by atoms with Crippen LogP contribution in [0.15, 0.2) is 24.3 Å². The van der Waals surface area contributed by atoms with Gasteiger partial charge in [-0.05, 0) is 13.0 Å². The summed E-state index contributed by atoms with van der Waals surface area (Å²) in [6, 6.07) is 3.32. The Morgan fingerprint density at radius 3 is 2.28 bits per heavy atom. The van der Waals surface area contributed by atoms with Crippen molar-refractivity contribution in [3.05, 3.63) is 50.1 Å². The van der Waals surface area contributed by atoms with Crippen LogP contribution in [-0.4, -0.2) is 20.9 Å². The summed E-state index contributed by atoms with van der Waals surface area (Å²) in [6.45, 7) is 1.38. The minimum absolute atomic E-state index is 0.288. The maximum Gasteiger partial charge on any atom is 0.354 e. The van der Waals surface area contributed by atoms with E-state index in [0.717, 1.165) is 18.2 Å². The number of allylic oxidation sites excluding steroid dienone is 1. The first-order valence-electron chi connectivity index (χ1n) is 4.72. The van der Waals surface area contributed by atoms with Gasteiger partial charge in [-0.3, -0.25) is 20.2 Å². The van der Waals surface area contributed by atoms with Gasteiger partial charge in [0.25, 0.3) is 0 Å². The molecule has 1 rings (SSSR count). The second kappa shape index (κ2) is 5.04.